The summed E-state index contributed by atoms with van der Waals surface area (Å²) in [5.74, 6) is 0.553. The topological polar surface area (TPSA) is 91.5 Å². The third-order valence-corrected chi connectivity index (χ3v) is 3.92. The van der Waals surface area contributed by atoms with E-state index in [9.17, 15) is 9.59 Å². The molecule has 0 saturated carbocycles. The Morgan fingerprint density at radius 2 is 1.68 bits per heavy atom. The lowest BCUT2D eigenvalue weighted by atomic mass is 10.1. The summed E-state index contributed by atoms with van der Waals surface area (Å²) >= 11 is 0. The van der Waals surface area contributed by atoms with Crippen LogP contribution in [0, 0.1) is 5.92 Å². The van der Waals surface area contributed by atoms with Crippen LogP contribution in [0.15, 0.2) is 24.3 Å². The van der Waals surface area contributed by atoms with E-state index in [1.807, 2.05) is 0 Å². The molecule has 1 heterocycles. The summed E-state index contributed by atoms with van der Waals surface area (Å²) < 4.78 is 5.46. The third-order valence-electron chi connectivity index (χ3n) is 3.92. The van der Waals surface area contributed by atoms with Gasteiger partial charge < -0.3 is 26.0 Å². The van der Waals surface area contributed by atoms with Crippen LogP contribution in [0.5, 0.6) is 0 Å². The Labute approximate surface area is 148 Å². The van der Waals surface area contributed by atoms with Crippen LogP contribution in [0.4, 0.5) is 21.0 Å². The van der Waals surface area contributed by atoms with E-state index in [-0.39, 0.29) is 18.2 Å². The second-order valence-electron chi connectivity index (χ2n) is 6.61. The maximum absolute atomic E-state index is 11.8. The SMILES string of the molecule is CC(C)CCNC(=O)Nc1ccc(NC(=O)NCC2CCCO2)cc1. The Morgan fingerprint density at radius 3 is 2.20 bits per heavy atom. The van der Waals surface area contributed by atoms with E-state index in [4.69, 9.17) is 4.74 Å². The first kappa shape index (κ1) is 19.1. The fourth-order valence-corrected chi connectivity index (χ4v) is 2.47. The van der Waals surface area contributed by atoms with E-state index in [2.05, 4.69) is 35.1 Å². The number of hydrogen-bond acceptors (Lipinski definition) is 3. The van der Waals surface area contributed by atoms with E-state index in [0.717, 1.165) is 25.9 Å². The van der Waals surface area contributed by atoms with Gasteiger partial charge in [-0.25, -0.2) is 9.59 Å². The molecule has 0 aromatic heterocycles. The number of nitrogens with one attached hydrogen (secondary N) is 4. The van der Waals surface area contributed by atoms with Crippen LogP contribution in [0.1, 0.15) is 33.1 Å². The molecule has 7 heteroatoms. The smallest absolute Gasteiger partial charge is 0.319 e. The third kappa shape index (κ3) is 7.43. The Balaban J connectivity index is 1.69. The summed E-state index contributed by atoms with van der Waals surface area (Å²) in [5.41, 5.74) is 1.34. The molecule has 1 aromatic carbocycles. The zero-order chi connectivity index (χ0) is 18.1. The average Bonchev–Trinajstić information content (AvgIpc) is 3.08. The molecule has 1 fully saturated rings. The summed E-state index contributed by atoms with van der Waals surface area (Å²) in [5, 5.41) is 11.1. The van der Waals surface area contributed by atoms with Gasteiger partial charge in [0, 0.05) is 31.1 Å². The maximum Gasteiger partial charge on any atom is 0.319 e. The van der Waals surface area contributed by atoms with Gasteiger partial charge in [0.1, 0.15) is 0 Å². The highest BCUT2D eigenvalue weighted by Crippen LogP contribution is 2.14. The molecule has 1 atom stereocenters. The first-order chi connectivity index (χ1) is 12.0. The molecule has 4 N–H and O–H groups in total. The van der Waals surface area contributed by atoms with Gasteiger partial charge in [-0.15, -0.1) is 0 Å². The molecule has 2 rings (SSSR count). The van der Waals surface area contributed by atoms with Gasteiger partial charge in [0.15, 0.2) is 0 Å². The molecule has 0 spiro atoms. The molecule has 1 saturated heterocycles. The van der Waals surface area contributed by atoms with Crippen molar-refractivity contribution in [3.63, 3.8) is 0 Å². The van der Waals surface area contributed by atoms with Crippen molar-refractivity contribution >= 4 is 23.4 Å². The number of amides is 4. The number of benzene rings is 1. The second kappa shape index (κ2) is 9.88. The van der Waals surface area contributed by atoms with Gasteiger partial charge in [-0.3, -0.25) is 0 Å². The molecule has 25 heavy (non-hydrogen) atoms. The molecule has 1 aliphatic heterocycles. The van der Waals surface area contributed by atoms with Gasteiger partial charge in [-0.2, -0.15) is 0 Å². The van der Waals surface area contributed by atoms with E-state index in [1.54, 1.807) is 24.3 Å². The number of anilines is 2. The van der Waals surface area contributed by atoms with Crippen molar-refractivity contribution in [1.29, 1.82) is 0 Å². The van der Waals surface area contributed by atoms with Crippen molar-refractivity contribution in [2.45, 2.75) is 39.2 Å². The quantitative estimate of drug-likeness (QED) is 0.610. The fourth-order valence-electron chi connectivity index (χ4n) is 2.47. The monoisotopic (exact) mass is 348 g/mol. The Hall–Kier alpha value is -2.28. The molecular weight excluding hydrogens is 320 g/mol. The van der Waals surface area contributed by atoms with E-state index >= 15 is 0 Å². The van der Waals surface area contributed by atoms with Crippen LogP contribution in [-0.2, 0) is 4.74 Å². The molecule has 1 unspecified atom stereocenters. The molecule has 0 radical (unpaired) electrons. The molecule has 0 aliphatic carbocycles. The normalized spacial score (nSPS) is 16.5. The predicted molar refractivity (Wildman–Crippen MR) is 98.9 cm³/mol. The van der Waals surface area contributed by atoms with Gasteiger partial charge in [0.2, 0.25) is 0 Å². The largest absolute Gasteiger partial charge is 0.376 e. The van der Waals surface area contributed by atoms with Crippen LogP contribution in [0.25, 0.3) is 0 Å². The summed E-state index contributed by atoms with van der Waals surface area (Å²) in [4.78, 5) is 23.6. The lowest BCUT2D eigenvalue weighted by Crippen LogP contribution is -2.35. The first-order valence-electron chi connectivity index (χ1n) is 8.84. The molecule has 7 nitrogen and oxygen atoms in total. The van der Waals surface area contributed by atoms with Crippen LogP contribution in [0.3, 0.4) is 0 Å². The highest BCUT2D eigenvalue weighted by Gasteiger charge is 2.16. The van der Waals surface area contributed by atoms with Crippen molar-refractivity contribution < 1.29 is 14.3 Å². The van der Waals surface area contributed by atoms with Crippen LogP contribution >= 0.6 is 0 Å². The van der Waals surface area contributed by atoms with E-state index < -0.39 is 0 Å². The molecule has 1 aromatic rings. The van der Waals surface area contributed by atoms with Crippen molar-refractivity contribution in [1.82, 2.24) is 10.6 Å². The van der Waals surface area contributed by atoms with Gasteiger partial charge in [0.25, 0.3) is 0 Å². The summed E-state index contributed by atoms with van der Waals surface area (Å²) in [6, 6.07) is 6.50. The minimum atomic E-state index is -0.261. The molecular formula is C18H28N4O3. The van der Waals surface area contributed by atoms with E-state index in [1.165, 1.54) is 0 Å². The van der Waals surface area contributed by atoms with Crippen LogP contribution in [0.2, 0.25) is 0 Å². The maximum atomic E-state index is 11.8. The number of urea groups is 2. The minimum Gasteiger partial charge on any atom is -0.376 e. The highest BCUT2D eigenvalue weighted by atomic mass is 16.5. The minimum absolute atomic E-state index is 0.117. The zero-order valence-corrected chi connectivity index (χ0v) is 14.9. The van der Waals surface area contributed by atoms with Gasteiger partial charge in [-0.1, -0.05) is 13.8 Å². The van der Waals surface area contributed by atoms with Crippen molar-refractivity contribution in [2.75, 3.05) is 30.3 Å². The number of carbonyl (C=O) groups is 2. The van der Waals surface area contributed by atoms with Crippen molar-refractivity contribution in [3.05, 3.63) is 24.3 Å². The van der Waals surface area contributed by atoms with E-state index in [0.29, 0.717) is 30.4 Å². The number of rotatable bonds is 7. The first-order valence-corrected chi connectivity index (χ1v) is 8.84. The summed E-state index contributed by atoms with van der Waals surface area (Å²) in [6.07, 6.45) is 3.09. The predicted octanol–water partition coefficient (Wildman–Crippen LogP) is 3.15. The molecule has 4 amide bonds. The summed E-state index contributed by atoms with van der Waals surface area (Å²) in [7, 11) is 0. The zero-order valence-electron chi connectivity index (χ0n) is 14.9. The van der Waals surface area contributed by atoms with Crippen molar-refractivity contribution in [3.8, 4) is 0 Å². The summed E-state index contributed by atoms with van der Waals surface area (Å²) in [6.45, 7) is 6.16. The Morgan fingerprint density at radius 1 is 1.08 bits per heavy atom. The standard InChI is InChI=1S/C18H28N4O3/c1-13(2)9-10-19-17(23)21-14-5-7-15(8-6-14)22-18(24)20-12-16-4-3-11-25-16/h5-8,13,16H,3-4,9-12H2,1-2H3,(H2,19,21,23)(H2,20,22,24). The van der Waals surface area contributed by atoms with Crippen LogP contribution in [-0.4, -0.2) is 37.9 Å². The number of hydrogen-bond donors (Lipinski definition) is 4. The fraction of sp³-hybridized carbons (Fsp3) is 0.556. The number of carbonyl (C=O) groups excluding carboxylic acids is 2. The highest BCUT2D eigenvalue weighted by molar-refractivity contribution is 5.91. The molecule has 0 bridgehead atoms. The van der Waals surface area contributed by atoms with Crippen molar-refractivity contribution in [2.24, 2.45) is 5.92 Å². The number of ether oxygens (including phenoxy) is 1. The molecule has 1 aliphatic rings. The Kier molecular flexibility index (Phi) is 7.53. The van der Waals surface area contributed by atoms with Gasteiger partial charge >= 0.3 is 12.1 Å². The lowest BCUT2D eigenvalue weighted by Gasteiger charge is -2.12. The lowest BCUT2D eigenvalue weighted by molar-refractivity contribution is 0.112. The van der Waals surface area contributed by atoms with Gasteiger partial charge in [-0.05, 0) is 49.4 Å². The second-order valence-corrected chi connectivity index (χ2v) is 6.61. The van der Waals surface area contributed by atoms with Crippen LogP contribution < -0.4 is 21.3 Å². The Bertz CT molecular complexity index is 554. The molecule has 138 valence electrons. The average molecular weight is 348 g/mol. The van der Waals surface area contributed by atoms with Gasteiger partial charge in [0.05, 0.1) is 6.10 Å².